The molecule has 29 heavy (non-hydrogen) atoms. The van der Waals surface area contributed by atoms with Crippen molar-refractivity contribution in [2.45, 2.75) is 13.0 Å². The van der Waals surface area contributed by atoms with E-state index in [-0.39, 0.29) is 17.2 Å². The van der Waals surface area contributed by atoms with Gasteiger partial charge in [-0.15, -0.1) is 0 Å². The topological polar surface area (TPSA) is 97.3 Å². The van der Waals surface area contributed by atoms with Gasteiger partial charge in [0.25, 0.3) is 6.43 Å². The summed E-state index contributed by atoms with van der Waals surface area (Å²) in [4.78, 5) is 19.2. The number of hydrogen-bond acceptors (Lipinski definition) is 4. The second kappa shape index (κ2) is 7.26. The molecule has 0 aliphatic heterocycles. The van der Waals surface area contributed by atoms with Gasteiger partial charge in [0.05, 0.1) is 30.5 Å². The Hall–Kier alpha value is -3.89. The van der Waals surface area contributed by atoms with Gasteiger partial charge >= 0.3 is 6.09 Å². The smallest absolute Gasteiger partial charge is 0.410 e. The number of halogens is 3. The Morgan fingerprint density at radius 1 is 1.14 bits per heavy atom. The lowest BCUT2D eigenvalue weighted by molar-refractivity contribution is 0.127. The number of carbonyl (C=O) groups is 1. The van der Waals surface area contributed by atoms with Gasteiger partial charge < -0.3 is 9.67 Å². The predicted molar refractivity (Wildman–Crippen MR) is 97.3 cm³/mol. The number of nitrogens with zero attached hydrogens (tertiary/aromatic N) is 5. The van der Waals surface area contributed by atoms with Crippen LogP contribution in [0.25, 0.3) is 28.3 Å². The van der Waals surface area contributed by atoms with Crippen LogP contribution >= 0.6 is 0 Å². The van der Waals surface area contributed by atoms with E-state index in [1.807, 2.05) is 0 Å². The molecule has 0 saturated heterocycles. The number of benzene rings is 1. The fourth-order valence-electron chi connectivity index (χ4n) is 2.95. The number of nitrogens with one attached hydrogen (secondary N) is 1. The summed E-state index contributed by atoms with van der Waals surface area (Å²) in [5, 5.41) is 15.5. The summed E-state index contributed by atoms with van der Waals surface area (Å²) in [6, 6.07) is 8.60. The number of aromatic nitrogens is 5. The SMILES string of the molecule is O=C(O)Nc1cnc2ccc(-c3c(-c4ccc(F)cc4)ncn3CC(F)F)nn12. The Labute approximate surface area is 161 Å². The molecule has 0 fully saturated rings. The minimum absolute atomic E-state index is 0.0950. The number of amides is 1. The maximum atomic E-state index is 13.3. The average molecular weight is 402 g/mol. The molecule has 1 aromatic carbocycles. The first kappa shape index (κ1) is 18.5. The van der Waals surface area contributed by atoms with Gasteiger partial charge in [0.1, 0.15) is 11.5 Å². The summed E-state index contributed by atoms with van der Waals surface area (Å²) in [5.74, 6) is -0.345. The number of anilines is 1. The maximum absolute atomic E-state index is 13.3. The fourth-order valence-corrected chi connectivity index (χ4v) is 2.95. The monoisotopic (exact) mass is 402 g/mol. The maximum Gasteiger partial charge on any atom is 0.410 e. The van der Waals surface area contributed by atoms with Crippen LogP contribution in [0.5, 0.6) is 0 Å². The highest BCUT2D eigenvalue weighted by atomic mass is 19.3. The van der Waals surface area contributed by atoms with Crippen molar-refractivity contribution in [3.05, 3.63) is 54.7 Å². The van der Waals surface area contributed by atoms with Crippen LogP contribution in [-0.4, -0.2) is 41.8 Å². The summed E-state index contributed by atoms with van der Waals surface area (Å²) in [7, 11) is 0. The summed E-state index contributed by atoms with van der Waals surface area (Å²) in [5.41, 5.74) is 1.77. The first-order valence-corrected chi connectivity index (χ1v) is 8.36. The normalized spacial score (nSPS) is 11.3. The van der Waals surface area contributed by atoms with Crippen molar-refractivity contribution in [2.24, 2.45) is 0 Å². The van der Waals surface area contributed by atoms with Gasteiger partial charge in [0, 0.05) is 5.56 Å². The molecular weight excluding hydrogens is 389 g/mol. The second-order valence-corrected chi connectivity index (χ2v) is 6.05. The van der Waals surface area contributed by atoms with E-state index in [1.54, 1.807) is 12.1 Å². The number of carboxylic acid groups (broad SMARTS) is 1. The number of alkyl halides is 2. The van der Waals surface area contributed by atoms with Gasteiger partial charge in [-0.05, 0) is 36.4 Å². The number of fused-ring (bicyclic) bond motifs is 1. The van der Waals surface area contributed by atoms with Crippen LogP contribution < -0.4 is 5.32 Å². The molecule has 0 radical (unpaired) electrons. The van der Waals surface area contributed by atoms with E-state index >= 15 is 0 Å². The van der Waals surface area contributed by atoms with Gasteiger partial charge in [0.2, 0.25) is 0 Å². The zero-order chi connectivity index (χ0) is 20.5. The van der Waals surface area contributed by atoms with Gasteiger partial charge in [0.15, 0.2) is 11.5 Å². The van der Waals surface area contributed by atoms with Crippen LogP contribution in [0.15, 0.2) is 48.9 Å². The summed E-state index contributed by atoms with van der Waals surface area (Å²) < 4.78 is 42.0. The highest BCUT2D eigenvalue weighted by molar-refractivity contribution is 5.82. The van der Waals surface area contributed by atoms with Gasteiger partial charge in [-0.2, -0.15) is 9.61 Å². The first-order valence-electron chi connectivity index (χ1n) is 8.36. The Kier molecular flexibility index (Phi) is 4.63. The van der Waals surface area contributed by atoms with Crippen molar-refractivity contribution in [2.75, 3.05) is 5.32 Å². The van der Waals surface area contributed by atoms with Crippen molar-refractivity contribution in [1.29, 1.82) is 0 Å². The van der Waals surface area contributed by atoms with Crippen LogP contribution in [0.3, 0.4) is 0 Å². The van der Waals surface area contributed by atoms with Gasteiger partial charge in [-0.25, -0.2) is 27.9 Å². The standard InChI is InChI=1S/C18H13F3N6O2/c19-11-3-1-10(2-4-11)16-17(26(9-23-16)8-13(20)21)12-5-6-14-22-7-15(24-18(28)29)27(14)25-12/h1-7,9,13,24H,8H2,(H,28,29). The van der Waals surface area contributed by atoms with Crippen molar-refractivity contribution >= 4 is 17.6 Å². The molecule has 148 valence electrons. The molecule has 0 saturated carbocycles. The van der Waals surface area contributed by atoms with E-state index in [4.69, 9.17) is 5.11 Å². The molecule has 0 spiro atoms. The molecule has 4 rings (SSSR count). The van der Waals surface area contributed by atoms with Crippen molar-refractivity contribution in [3.63, 3.8) is 0 Å². The second-order valence-electron chi connectivity index (χ2n) is 6.05. The highest BCUT2D eigenvalue weighted by Crippen LogP contribution is 2.31. The quantitative estimate of drug-likeness (QED) is 0.530. The van der Waals surface area contributed by atoms with Crippen molar-refractivity contribution in [1.82, 2.24) is 24.1 Å². The van der Waals surface area contributed by atoms with Gasteiger partial charge in [-0.1, -0.05) is 0 Å². The molecule has 0 aliphatic rings. The minimum atomic E-state index is -2.63. The molecule has 0 bridgehead atoms. The molecule has 8 nitrogen and oxygen atoms in total. The third kappa shape index (κ3) is 3.61. The van der Waals surface area contributed by atoms with E-state index in [0.29, 0.717) is 16.9 Å². The lowest BCUT2D eigenvalue weighted by atomic mass is 10.1. The largest absolute Gasteiger partial charge is 0.465 e. The molecule has 4 aromatic rings. The number of rotatable bonds is 5. The molecule has 1 amide bonds. The predicted octanol–water partition coefficient (Wildman–Crippen LogP) is 3.75. The third-order valence-electron chi connectivity index (χ3n) is 4.13. The van der Waals surface area contributed by atoms with Crippen LogP contribution in [0.2, 0.25) is 0 Å². The molecule has 2 N–H and O–H groups in total. The molecule has 3 aromatic heterocycles. The summed E-state index contributed by atoms with van der Waals surface area (Å²) in [6.07, 6.45) is -1.38. The van der Waals surface area contributed by atoms with E-state index in [0.717, 1.165) is 0 Å². The number of hydrogen-bond donors (Lipinski definition) is 2. The van der Waals surface area contributed by atoms with E-state index < -0.39 is 24.9 Å². The molecule has 3 heterocycles. The van der Waals surface area contributed by atoms with Crippen LogP contribution in [-0.2, 0) is 6.54 Å². The average Bonchev–Trinajstić information content (AvgIpc) is 3.25. The molecular formula is C18H13F3N6O2. The van der Waals surface area contributed by atoms with Gasteiger partial charge in [-0.3, -0.25) is 5.32 Å². The van der Waals surface area contributed by atoms with E-state index in [9.17, 15) is 18.0 Å². The van der Waals surface area contributed by atoms with Crippen molar-refractivity contribution < 1.29 is 23.1 Å². The van der Waals surface area contributed by atoms with Crippen LogP contribution in [0.1, 0.15) is 0 Å². The summed E-state index contributed by atoms with van der Waals surface area (Å²) >= 11 is 0. The number of imidazole rings is 2. The fraction of sp³-hybridized carbons (Fsp3) is 0.111. The Morgan fingerprint density at radius 2 is 1.90 bits per heavy atom. The molecule has 11 heteroatoms. The zero-order valence-electron chi connectivity index (χ0n) is 14.6. The Balaban J connectivity index is 1.89. The zero-order valence-corrected chi connectivity index (χ0v) is 14.6. The van der Waals surface area contributed by atoms with Crippen LogP contribution in [0, 0.1) is 5.82 Å². The van der Waals surface area contributed by atoms with E-state index in [2.05, 4.69) is 20.4 Å². The summed E-state index contributed by atoms with van der Waals surface area (Å²) in [6.45, 7) is -0.618. The minimum Gasteiger partial charge on any atom is -0.465 e. The molecule has 0 aliphatic carbocycles. The molecule has 0 atom stereocenters. The Bertz CT molecular complexity index is 1190. The lowest BCUT2D eigenvalue weighted by Crippen LogP contribution is -2.11. The first-order chi connectivity index (χ1) is 13.9. The van der Waals surface area contributed by atoms with Crippen molar-refractivity contribution in [3.8, 4) is 22.6 Å². The van der Waals surface area contributed by atoms with E-state index in [1.165, 1.54) is 45.9 Å². The van der Waals surface area contributed by atoms with Crippen LogP contribution in [0.4, 0.5) is 23.8 Å². The Morgan fingerprint density at radius 3 is 2.59 bits per heavy atom. The third-order valence-corrected chi connectivity index (χ3v) is 4.13. The highest BCUT2D eigenvalue weighted by Gasteiger charge is 2.20. The molecule has 0 unspecified atom stereocenters. The lowest BCUT2D eigenvalue weighted by Gasteiger charge is -2.10.